The summed E-state index contributed by atoms with van der Waals surface area (Å²) in [7, 11) is 1.77. The third-order valence-electron chi connectivity index (χ3n) is 3.43. The van der Waals surface area contributed by atoms with Crippen LogP contribution in [0.2, 0.25) is 0 Å². The summed E-state index contributed by atoms with van der Waals surface area (Å²) >= 11 is 1.53. The Bertz CT molecular complexity index is 602. The summed E-state index contributed by atoms with van der Waals surface area (Å²) in [5.41, 5.74) is 1.59. The van der Waals surface area contributed by atoms with Gasteiger partial charge in [-0.2, -0.15) is 0 Å². The SMILES string of the molecule is Cc1nc(CC2CC2)sc1C(=O)N(C)Cc1ccon1. The van der Waals surface area contributed by atoms with Crippen molar-refractivity contribution in [3.05, 3.63) is 33.6 Å². The van der Waals surface area contributed by atoms with E-state index in [4.69, 9.17) is 4.52 Å². The summed E-state index contributed by atoms with van der Waals surface area (Å²) in [5.74, 6) is 0.793. The minimum Gasteiger partial charge on any atom is -0.364 e. The van der Waals surface area contributed by atoms with Crippen LogP contribution in [0.1, 0.15) is 38.9 Å². The Labute approximate surface area is 121 Å². The topological polar surface area (TPSA) is 59.2 Å². The van der Waals surface area contributed by atoms with Gasteiger partial charge < -0.3 is 9.42 Å². The van der Waals surface area contributed by atoms with Crippen LogP contribution >= 0.6 is 11.3 Å². The molecule has 0 radical (unpaired) electrons. The molecule has 0 aromatic carbocycles. The number of thiazole rings is 1. The normalized spacial score (nSPS) is 14.5. The van der Waals surface area contributed by atoms with E-state index < -0.39 is 0 Å². The molecule has 1 amide bonds. The summed E-state index contributed by atoms with van der Waals surface area (Å²) in [6.07, 6.45) is 5.13. The lowest BCUT2D eigenvalue weighted by molar-refractivity contribution is 0.0786. The first-order valence-electron chi connectivity index (χ1n) is 6.74. The summed E-state index contributed by atoms with van der Waals surface area (Å²) in [6, 6.07) is 1.77. The average molecular weight is 291 g/mol. The van der Waals surface area contributed by atoms with Crippen molar-refractivity contribution in [1.82, 2.24) is 15.0 Å². The first-order valence-corrected chi connectivity index (χ1v) is 7.56. The maximum absolute atomic E-state index is 12.4. The van der Waals surface area contributed by atoms with Gasteiger partial charge in [-0.1, -0.05) is 5.16 Å². The Hall–Kier alpha value is -1.69. The van der Waals surface area contributed by atoms with E-state index in [9.17, 15) is 4.79 Å². The number of aryl methyl sites for hydroxylation is 1. The summed E-state index contributed by atoms with van der Waals surface area (Å²) in [4.78, 5) is 19.4. The molecule has 0 bridgehead atoms. The van der Waals surface area contributed by atoms with Crippen LogP contribution in [0, 0.1) is 12.8 Å². The molecule has 2 aromatic rings. The minimum absolute atomic E-state index is 0.00467. The third kappa shape index (κ3) is 2.90. The van der Waals surface area contributed by atoms with Gasteiger partial charge in [-0.25, -0.2) is 4.98 Å². The average Bonchev–Trinajstić information content (AvgIpc) is 2.93. The first-order chi connectivity index (χ1) is 9.63. The number of nitrogens with zero attached hydrogens (tertiary/aromatic N) is 3. The van der Waals surface area contributed by atoms with Crippen LogP contribution in [-0.2, 0) is 13.0 Å². The fourth-order valence-corrected chi connectivity index (χ4v) is 3.29. The first kappa shape index (κ1) is 13.3. The van der Waals surface area contributed by atoms with Gasteiger partial charge in [0.2, 0.25) is 0 Å². The second-order valence-corrected chi connectivity index (χ2v) is 6.41. The Morgan fingerprint density at radius 2 is 2.35 bits per heavy atom. The molecule has 0 N–H and O–H groups in total. The van der Waals surface area contributed by atoms with Crippen LogP contribution in [0.15, 0.2) is 16.9 Å². The molecule has 5 nitrogen and oxygen atoms in total. The third-order valence-corrected chi connectivity index (χ3v) is 4.60. The lowest BCUT2D eigenvalue weighted by Gasteiger charge is -2.14. The predicted molar refractivity (Wildman–Crippen MR) is 75.6 cm³/mol. The lowest BCUT2D eigenvalue weighted by atomic mass is 10.3. The molecule has 106 valence electrons. The number of carbonyl (C=O) groups excluding carboxylic acids is 1. The van der Waals surface area contributed by atoms with E-state index in [1.165, 1.54) is 30.4 Å². The zero-order chi connectivity index (χ0) is 14.1. The van der Waals surface area contributed by atoms with E-state index in [-0.39, 0.29) is 5.91 Å². The highest BCUT2D eigenvalue weighted by Crippen LogP contribution is 2.34. The maximum atomic E-state index is 12.4. The summed E-state index contributed by atoms with van der Waals surface area (Å²) in [5, 5.41) is 4.91. The molecular formula is C14H17N3O2S. The molecule has 20 heavy (non-hydrogen) atoms. The van der Waals surface area contributed by atoms with Crippen molar-refractivity contribution in [3.63, 3.8) is 0 Å². The van der Waals surface area contributed by atoms with E-state index in [0.717, 1.165) is 33.6 Å². The van der Waals surface area contributed by atoms with Crippen molar-refractivity contribution < 1.29 is 9.32 Å². The van der Waals surface area contributed by atoms with Gasteiger partial charge in [0.15, 0.2) is 0 Å². The Balaban J connectivity index is 1.70. The highest BCUT2D eigenvalue weighted by atomic mass is 32.1. The number of carbonyl (C=O) groups is 1. The molecule has 0 saturated heterocycles. The van der Waals surface area contributed by atoms with Crippen molar-refractivity contribution in [2.45, 2.75) is 32.7 Å². The number of hydrogen-bond acceptors (Lipinski definition) is 5. The monoisotopic (exact) mass is 291 g/mol. The second-order valence-electron chi connectivity index (χ2n) is 5.32. The van der Waals surface area contributed by atoms with E-state index in [0.29, 0.717) is 6.54 Å². The van der Waals surface area contributed by atoms with Crippen LogP contribution in [0.25, 0.3) is 0 Å². The van der Waals surface area contributed by atoms with Gasteiger partial charge in [-0.15, -0.1) is 11.3 Å². The van der Waals surface area contributed by atoms with E-state index in [1.807, 2.05) is 6.92 Å². The number of rotatable bonds is 5. The molecule has 1 aliphatic rings. The molecule has 2 heterocycles. The quantitative estimate of drug-likeness (QED) is 0.849. The maximum Gasteiger partial charge on any atom is 0.265 e. The minimum atomic E-state index is 0.00467. The molecule has 1 aliphatic carbocycles. The van der Waals surface area contributed by atoms with Crippen LogP contribution in [0.5, 0.6) is 0 Å². The standard InChI is InChI=1S/C14H17N3O2S/c1-9-13(20-12(15-9)7-10-3-4-10)14(18)17(2)8-11-5-6-19-16-11/h5-6,10H,3-4,7-8H2,1-2H3. The fourth-order valence-electron chi connectivity index (χ4n) is 2.11. The Kier molecular flexibility index (Phi) is 3.56. The molecule has 3 rings (SSSR count). The highest BCUT2D eigenvalue weighted by molar-refractivity contribution is 7.13. The van der Waals surface area contributed by atoms with Crippen molar-refractivity contribution >= 4 is 17.2 Å². The lowest BCUT2D eigenvalue weighted by Crippen LogP contribution is -2.26. The van der Waals surface area contributed by atoms with E-state index >= 15 is 0 Å². The number of aromatic nitrogens is 2. The van der Waals surface area contributed by atoms with Crippen LogP contribution in [0.3, 0.4) is 0 Å². The number of amides is 1. The van der Waals surface area contributed by atoms with Gasteiger partial charge >= 0.3 is 0 Å². The fraction of sp³-hybridized carbons (Fsp3) is 0.500. The molecular weight excluding hydrogens is 274 g/mol. The van der Waals surface area contributed by atoms with Crippen LogP contribution in [-0.4, -0.2) is 28.0 Å². The molecule has 1 saturated carbocycles. The van der Waals surface area contributed by atoms with Gasteiger partial charge in [-0.3, -0.25) is 4.79 Å². The summed E-state index contributed by atoms with van der Waals surface area (Å²) in [6.45, 7) is 2.36. The Morgan fingerprint density at radius 3 is 3.00 bits per heavy atom. The van der Waals surface area contributed by atoms with Crippen molar-refractivity contribution in [2.24, 2.45) is 5.92 Å². The van der Waals surface area contributed by atoms with Crippen LogP contribution < -0.4 is 0 Å². The second kappa shape index (κ2) is 5.36. The zero-order valence-corrected chi connectivity index (χ0v) is 12.4. The molecule has 0 atom stereocenters. The highest BCUT2D eigenvalue weighted by Gasteiger charge is 2.25. The van der Waals surface area contributed by atoms with E-state index in [2.05, 4.69) is 10.1 Å². The largest absolute Gasteiger partial charge is 0.364 e. The summed E-state index contributed by atoms with van der Waals surface area (Å²) < 4.78 is 4.78. The Morgan fingerprint density at radius 1 is 1.55 bits per heavy atom. The molecule has 0 aliphatic heterocycles. The number of hydrogen-bond donors (Lipinski definition) is 0. The van der Waals surface area contributed by atoms with Crippen molar-refractivity contribution in [2.75, 3.05) is 7.05 Å². The smallest absolute Gasteiger partial charge is 0.265 e. The molecule has 6 heteroatoms. The molecule has 0 spiro atoms. The van der Waals surface area contributed by atoms with Gasteiger partial charge in [0.25, 0.3) is 5.91 Å². The van der Waals surface area contributed by atoms with E-state index in [1.54, 1.807) is 18.0 Å². The van der Waals surface area contributed by atoms with Gasteiger partial charge in [0.1, 0.15) is 16.8 Å². The van der Waals surface area contributed by atoms with Crippen molar-refractivity contribution in [1.29, 1.82) is 0 Å². The molecule has 1 fully saturated rings. The van der Waals surface area contributed by atoms with Crippen molar-refractivity contribution in [3.8, 4) is 0 Å². The van der Waals surface area contributed by atoms with Gasteiger partial charge in [0, 0.05) is 19.5 Å². The van der Waals surface area contributed by atoms with Crippen LogP contribution in [0.4, 0.5) is 0 Å². The zero-order valence-electron chi connectivity index (χ0n) is 11.6. The molecule has 0 unspecified atom stereocenters. The van der Waals surface area contributed by atoms with Gasteiger partial charge in [-0.05, 0) is 25.7 Å². The van der Waals surface area contributed by atoms with Gasteiger partial charge in [0.05, 0.1) is 17.2 Å². The predicted octanol–water partition coefficient (Wildman–Crippen LogP) is 2.66. The molecule has 2 aromatic heterocycles.